The number of hydrogen-bond acceptors (Lipinski definition) is 6. The topological polar surface area (TPSA) is 109 Å². The number of aliphatic imine (C=N–C) groups is 1. The van der Waals surface area contributed by atoms with Gasteiger partial charge in [0.25, 0.3) is 0 Å². The molecule has 0 radical (unpaired) electrons. The van der Waals surface area contributed by atoms with Crippen LogP contribution >= 0.6 is 0 Å². The highest BCUT2D eigenvalue weighted by Gasteiger charge is 2.29. The standard InChI is InChI=1S/C26H33N5O2S/c1-17-2-4-18(5-3-17)14-21-10-11-23(20-8-6-19(7-9-20)22-12-13-28-15-22)24(25(21)34(27,32)33)26-29-16-30-31-26/h6-11,17-18,22,28H,2-5,12-16H2,1H3,(H2,27,32,33). The van der Waals surface area contributed by atoms with E-state index in [4.69, 9.17) is 5.14 Å². The molecule has 0 amide bonds. The van der Waals surface area contributed by atoms with Gasteiger partial charge in [-0.1, -0.05) is 56.2 Å². The van der Waals surface area contributed by atoms with Crippen molar-refractivity contribution in [3.63, 3.8) is 0 Å². The fourth-order valence-corrected chi connectivity index (χ4v) is 6.65. The van der Waals surface area contributed by atoms with Gasteiger partial charge in [0, 0.05) is 12.1 Å². The summed E-state index contributed by atoms with van der Waals surface area (Å²) in [7, 11) is -4.01. The Kier molecular flexibility index (Phi) is 6.64. The molecular formula is C26H33N5O2S. The number of hydrogen-bond donors (Lipinski definition) is 2. The Labute approximate surface area is 202 Å². The summed E-state index contributed by atoms with van der Waals surface area (Å²) in [6.07, 6.45) is 6.42. The molecule has 1 atom stereocenters. The van der Waals surface area contributed by atoms with Gasteiger partial charge in [0.15, 0.2) is 12.5 Å². The Morgan fingerprint density at radius 3 is 2.41 bits per heavy atom. The first kappa shape index (κ1) is 23.3. The maximum absolute atomic E-state index is 13.0. The SMILES string of the molecule is CC1CCC(Cc2ccc(-c3ccc(C4CCNC4)cc3)c(C3=NCN=N3)c2S(N)(=O)=O)CC1. The van der Waals surface area contributed by atoms with Crippen molar-refractivity contribution in [2.24, 2.45) is 32.2 Å². The average Bonchev–Trinajstić information content (AvgIpc) is 3.54. The molecule has 1 saturated carbocycles. The summed E-state index contributed by atoms with van der Waals surface area (Å²) in [5.74, 6) is 2.06. The van der Waals surface area contributed by atoms with E-state index >= 15 is 0 Å². The molecule has 180 valence electrons. The van der Waals surface area contributed by atoms with Gasteiger partial charge in [-0.3, -0.25) is 0 Å². The summed E-state index contributed by atoms with van der Waals surface area (Å²) < 4.78 is 26.0. The number of amidine groups is 1. The van der Waals surface area contributed by atoms with Gasteiger partial charge in [-0.2, -0.15) is 5.11 Å². The zero-order valence-electron chi connectivity index (χ0n) is 19.7. The van der Waals surface area contributed by atoms with Crippen molar-refractivity contribution in [2.45, 2.75) is 56.3 Å². The fourth-order valence-electron chi connectivity index (χ4n) is 5.65. The molecular weight excluding hydrogens is 446 g/mol. The van der Waals surface area contributed by atoms with E-state index in [0.29, 0.717) is 29.7 Å². The Bertz CT molecular complexity index is 1210. The first-order chi connectivity index (χ1) is 16.4. The van der Waals surface area contributed by atoms with E-state index in [1.807, 2.05) is 12.1 Å². The van der Waals surface area contributed by atoms with Crippen LogP contribution in [-0.4, -0.2) is 34.0 Å². The van der Waals surface area contributed by atoms with Crippen LogP contribution in [-0.2, 0) is 16.4 Å². The molecule has 1 saturated heterocycles. The number of rotatable bonds is 6. The van der Waals surface area contributed by atoms with Gasteiger partial charge in [-0.15, -0.1) is 5.11 Å². The van der Waals surface area contributed by atoms with Crippen LogP contribution in [0.25, 0.3) is 11.1 Å². The number of nitrogens with one attached hydrogen (secondary N) is 1. The van der Waals surface area contributed by atoms with Crippen molar-refractivity contribution >= 4 is 15.9 Å². The first-order valence-electron chi connectivity index (χ1n) is 12.3. The Morgan fingerprint density at radius 1 is 1.03 bits per heavy atom. The van der Waals surface area contributed by atoms with E-state index in [1.54, 1.807) is 0 Å². The van der Waals surface area contributed by atoms with E-state index in [-0.39, 0.29) is 11.6 Å². The third-order valence-electron chi connectivity index (χ3n) is 7.59. The summed E-state index contributed by atoms with van der Waals surface area (Å²) in [6, 6.07) is 12.4. The van der Waals surface area contributed by atoms with Gasteiger partial charge in [-0.05, 0) is 72.2 Å². The number of benzene rings is 2. The number of primary sulfonamides is 1. The molecule has 2 aromatic rings. The molecule has 2 aromatic carbocycles. The van der Waals surface area contributed by atoms with Crippen LogP contribution in [0.1, 0.15) is 61.6 Å². The summed E-state index contributed by atoms with van der Waals surface area (Å²) in [4.78, 5) is 4.56. The maximum Gasteiger partial charge on any atom is 0.239 e. The predicted molar refractivity (Wildman–Crippen MR) is 135 cm³/mol. The van der Waals surface area contributed by atoms with Crippen molar-refractivity contribution in [3.8, 4) is 11.1 Å². The highest BCUT2D eigenvalue weighted by atomic mass is 32.2. The molecule has 2 aliphatic heterocycles. The van der Waals surface area contributed by atoms with E-state index in [0.717, 1.165) is 55.0 Å². The second kappa shape index (κ2) is 9.68. The fraction of sp³-hybridized carbons (Fsp3) is 0.500. The third kappa shape index (κ3) is 4.85. The van der Waals surface area contributed by atoms with Gasteiger partial charge in [0.1, 0.15) is 0 Å². The molecule has 3 aliphatic rings. The van der Waals surface area contributed by atoms with E-state index < -0.39 is 10.0 Å². The molecule has 2 heterocycles. The highest BCUT2D eigenvalue weighted by molar-refractivity contribution is 7.89. The minimum absolute atomic E-state index is 0.160. The van der Waals surface area contributed by atoms with Gasteiger partial charge in [-0.25, -0.2) is 18.5 Å². The molecule has 5 rings (SSSR count). The molecule has 34 heavy (non-hydrogen) atoms. The summed E-state index contributed by atoms with van der Waals surface area (Å²) in [5, 5.41) is 17.4. The van der Waals surface area contributed by atoms with Crippen molar-refractivity contribution < 1.29 is 8.42 Å². The highest BCUT2D eigenvalue weighted by Crippen LogP contribution is 2.37. The molecule has 7 nitrogen and oxygen atoms in total. The van der Waals surface area contributed by atoms with Crippen LogP contribution in [0, 0.1) is 11.8 Å². The Hall–Kier alpha value is -2.42. The van der Waals surface area contributed by atoms with Gasteiger partial charge in [0.2, 0.25) is 10.0 Å². The Balaban J connectivity index is 1.59. The van der Waals surface area contributed by atoms with Crippen LogP contribution in [0.4, 0.5) is 0 Å². The second-order valence-electron chi connectivity index (χ2n) is 10.0. The molecule has 1 unspecified atom stereocenters. The molecule has 3 N–H and O–H groups in total. The minimum atomic E-state index is -4.01. The van der Waals surface area contributed by atoms with Gasteiger partial charge < -0.3 is 5.32 Å². The van der Waals surface area contributed by atoms with Crippen molar-refractivity contribution in [2.75, 3.05) is 19.8 Å². The van der Waals surface area contributed by atoms with Crippen molar-refractivity contribution in [1.82, 2.24) is 5.32 Å². The molecule has 0 spiro atoms. The molecule has 0 bridgehead atoms. The monoisotopic (exact) mass is 479 g/mol. The van der Waals surface area contributed by atoms with Crippen LogP contribution in [0.5, 0.6) is 0 Å². The predicted octanol–water partition coefficient (Wildman–Crippen LogP) is 4.62. The van der Waals surface area contributed by atoms with Gasteiger partial charge >= 0.3 is 0 Å². The van der Waals surface area contributed by atoms with Gasteiger partial charge in [0.05, 0.1) is 4.90 Å². The van der Waals surface area contributed by atoms with E-state index in [2.05, 4.69) is 51.7 Å². The molecule has 1 aliphatic carbocycles. The molecule has 8 heteroatoms. The van der Waals surface area contributed by atoms with E-state index in [9.17, 15) is 8.42 Å². The molecule has 0 aromatic heterocycles. The van der Waals surface area contributed by atoms with E-state index in [1.165, 1.54) is 18.4 Å². The number of azo groups is 1. The summed E-state index contributed by atoms with van der Waals surface area (Å²) in [6.45, 7) is 4.53. The summed E-state index contributed by atoms with van der Waals surface area (Å²) in [5.41, 5.74) is 4.25. The lowest BCUT2D eigenvalue weighted by Gasteiger charge is -2.27. The maximum atomic E-state index is 13.0. The zero-order chi connectivity index (χ0) is 23.7. The minimum Gasteiger partial charge on any atom is -0.316 e. The van der Waals surface area contributed by atoms with Crippen LogP contribution < -0.4 is 10.5 Å². The zero-order valence-corrected chi connectivity index (χ0v) is 20.5. The van der Waals surface area contributed by atoms with Crippen molar-refractivity contribution in [1.29, 1.82) is 0 Å². The lowest BCUT2D eigenvalue weighted by atomic mass is 9.79. The number of nitrogens with zero attached hydrogens (tertiary/aromatic N) is 3. The number of nitrogens with two attached hydrogens (primary N) is 1. The first-order valence-corrected chi connectivity index (χ1v) is 13.9. The van der Waals surface area contributed by atoms with Crippen LogP contribution in [0.2, 0.25) is 0 Å². The third-order valence-corrected chi connectivity index (χ3v) is 8.63. The average molecular weight is 480 g/mol. The van der Waals surface area contributed by atoms with Crippen molar-refractivity contribution in [3.05, 3.63) is 53.1 Å². The summed E-state index contributed by atoms with van der Waals surface area (Å²) >= 11 is 0. The second-order valence-corrected chi connectivity index (χ2v) is 11.5. The largest absolute Gasteiger partial charge is 0.316 e. The van der Waals surface area contributed by atoms with Crippen LogP contribution in [0.3, 0.4) is 0 Å². The lowest BCUT2D eigenvalue weighted by molar-refractivity contribution is 0.288. The Morgan fingerprint density at radius 2 is 1.79 bits per heavy atom. The van der Waals surface area contributed by atoms with Crippen LogP contribution in [0.15, 0.2) is 56.5 Å². The quantitative estimate of drug-likeness (QED) is 0.631. The number of sulfonamides is 1. The lowest BCUT2D eigenvalue weighted by Crippen LogP contribution is -2.22. The molecule has 2 fully saturated rings. The smallest absolute Gasteiger partial charge is 0.239 e. The normalized spacial score (nSPS) is 25.0.